The third-order valence-electron chi connectivity index (χ3n) is 2.38. The lowest BCUT2D eigenvalue weighted by Crippen LogP contribution is -2.47. The van der Waals surface area contributed by atoms with Crippen LogP contribution in [-0.4, -0.2) is 19.0 Å². The SMILES string of the molecule is Cl.Clc1ccc(CNNC2=NCCCN2)cc1Cl. The van der Waals surface area contributed by atoms with Crippen LogP contribution in [-0.2, 0) is 6.54 Å². The Morgan fingerprint density at radius 3 is 2.78 bits per heavy atom. The summed E-state index contributed by atoms with van der Waals surface area (Å²) >= 11 is 11.8. The van der Waals surface area contributed by atoms with Crippen LogP contribution in [0, 0.1) is 0 Å². The topological polar surface area (TPSA) is 48.5 Å². The van der Waals surface area contributed by atoms with Crippen molar-refractivity contribution in [3.05, 3.63) is 33.8 Å². The maximum atomic E-state index is 5.93. The molecule has 0 saturated carbocycles. The Kier molecular flexibility index (Phi) is 6.57. The molecule has 1 aliphatic rings. The number of hydrazine groups is 1. The summed E-state index contributed by atoms with van der Waals surface area (Å²) in [6.07, 6.45) is 1.08. The van der Waals surface area contributed by atoms with Crippen LogP contribution in [0.15, 0.2) is 23.2 Å². The zero-order valence-electron chi connectivity index (χ0n) is 9.67. The van der Waals surface area contributed by atoms with Gasteiger partial charge in [0, 0.05) is 19.6 Å². The monoisotopic (exact) mass is 308 g/mol. The molecule has 0 radical (unpaired) electrons. The number of benzene rings is 1. The van der Waals surface area contributed by atoms with Crippen molar-refractivity contribution in [2.45, 2.75) is 13.0 Å². The number of hydrogen-bond acceptors (Lipinski definition) is 4. The molecule has 1 heterocycles. The molecular weight excluding hydrogens is 295 g/mol. The lowest BCUT2D eigenvalue weighted by atomic mass is 10.2. The first kappa shape index (κ1) is 15.4. The predicted molar refractivity (Wildman–Crippen MR) is 78.6 cm³/mol. The summed E-state index contributed by atoms with van der Waals surface area (Å²) in [5.74, 6) is 0.788. The van der Waals surface area contributed by atoms with Crippen LogP contribution < -0.4 is 16.2 Å². The van der Waals surface area contributed by atoms with Gasteiger partial charge in [0.15, 0.2) is 0 Å². The second-order valence-electron chi connectivity index (χ2n) is 3.74. The summed E-state index contributed by atoms with van der Waals surface area (Å²) < 4.78 is 0. The zero-order valence-corrected chi connectivity index (χ0v) is 12.0. The van der Waals surface area contributed by atoms with Crippen LogP contribution in [0.5, 0.6) is 0 Å². The fourth-order valence-corrected chi connectivity index (χ4v) is 1.82. The smallest absolute Gasteiger partial charge is 0.205 e. The van der Waals surface area contributed by atoms with Crippen LogP contribution in [0.3, 0.4) is 0 Å². The quantitative estimate of drug-likeness (QED) is 0.751. The van der Waals surface area contributed by atoms with E-state index in [-0.39, 0.29) is 12.4 Å². The maximum absolute atomic E-state index is 5.93. The first-order chi connectivity index (χ1) is 8.25. The number of nitrogens with one attached hydrogen (secondary N) is 3. The van der Waals surface area contributed by atoms with E-state index >= 15 is 0 Å². The number of hydrogen-bond donors (Lipinski definition) is 3. The molecule has 0 saturated heterocycles. The molecule has 2 rings (SSSR count). The molecule has 0 amide bonds. The summed E-state index contributed by atoms with van der Waals surface area (Å²) in [6, 6.07) is 5.56. The minimum Gasteiger partial charge on any atom is -0.355 e. The molecule has 7 heteroatoms. The molecule has 4 nitrogen and oxygen atoms in total. The Labute approximate surface area is 123 Å². The van der Waals surface area contributed by atoms with Crippen molar-refractivity contribution in [3.8, 4) is 0 Å². The van der Waals surface area contributed by atoms with E-state index in [1.807, 2.05) is 12.1 Å². The van der Waals surface area contributed by atoms with E-state index in [2.05, 4.69) is 21.2 Å². The Morgan fingerprint density at radius 1 is 1.28 bits per heavy atom. The van der Waals surface area contributed by atoms with Crippen LogP contribution in [0.1, 0.15) is 12.0 Å². The summed E-state index contributed by atoms with van der Waals surface area (Å²) in [4.78, 5) is 4.28. The Balaban J connectivity index is 0.00000162. The highest BCUT2D eigenvalue weighted by atomic mass is 35.5. The number of rotatable bonds is 3. The highest BCUT2D eigenvalue weighted by molar-refractivity contribution is 6.42. The van der Waals surface area contributed by atoms with Crippen molar-refractivity contribution < 1.29 is 0 Å². The molecule has 1 aromatic rings. The Hall–Kier alpha value is -0.680. The average molecular weight is 310 g/mol. The summed E-state index contributed by atoms with van der Waals surface area (Å²) in [6.45, 7) is 2.47. The lowest BCUT2D eigenvalue weighted by Gasteiger charge is -2.16. The predicted octanol–water partition coefficient (Wildman–Crippen LogP) is 2.36. The molecule has 0 fully saturated rings. The van der Waals surface area contributed by atoms with Gasteiger partial charge < -0.3 is 5.32 Å². The van der Waals surface area contributed by atoms with Gasteiger partial charge in [-0.15, -0.1) is 12.4 Å². The van der Waals surface area contributed by atoms with Gasteiger partial charge in [-0.1, -0.05) is 29.3 Å². The third-order valence-corrected chi connectivity index (χ3v) is 3.12. The largest absolute Gasteiger partial charge is 0.355 e. The van der Waals surface area contributed by atoms with E-state index in [4.69, 9.17) is 23.2 Å². The molecule has 18 heavy (non-hydrogen) atoms. The van der Waals surface area contributed by atoms with Gasteiger partial charge in [-0.05, 0) is 24.1 Å². The third kappa shape index (κ3) is 4.53. The van der Waals surface area contributed by atoms with E-state index in [1.165, 1.54) is 0 Å². The normalized spacial score (nSPS) is 14.2. The molecular formula is C11H15Cl3N4. The minimum absolute atomic E-state index is 0. The van der Waals surface area contributed by atoms with Gasteiger partial charge in [0.1, 0.15) is 0 Å². The van der Waals surface area contributed by atoms with Crippen LogP contribution >= 0.6 is 35.6 Å². The van der Waals surface area contributed by atoms with Crippen molar-refractivity contribution >= 4 is 41.6 Å². The molecule has 0 spiro atoms. The van der Waals surface area contributed by atoms with Gasteiger partial charge in [-0.2, -0.15) is 0 Å². The molecule has 0 aliphatic carbocycles. The van der Waals surface area contributed by atoms with Crippen LogP contribution in [0.2, 0.25) is 10.0 Å². The van der Waals surface area contributed by atoms with E-state index < -0.39 is 0 Å². The Morgan fingerprint density at radius 2 is 2.11 bits per heavy atom. The molecule has 100 valence electrons. The van der Waals surface area contributed by atoms with E-state index in [0.717, 1.165) is 31.0 Å². The number of aliphatic imine (C=N–C) groups is 1. The molecule has 1 aliphatic heterocycles. The van der Waals surface area contributed by atoms with E-state index in [1.54, 1.807) is 6.07 Å². The standard InChI is InChI=1S/C11H14Cl2N4.ClH/c12-9-3-2-8(6-10(9)13)7-16-17-11-14-4-1-5-15-11;/h2-3,6,16H,1,4-5,7H2,(H2,14,15,17);1H. The van der Waals surface area contributed by atoms with Gasteiger partial charge >= 0.3 is 0 Å². The van der Waals surface area contributed by atoms with Gasteiger partial charge in [0.05, 0.1) is 10.0 Å². The minimum atomic E-state index is 0. The van der Waals surface area contributed by atoms with Gasteiger partial charge in [-0.25, -0.2) is 5.43 Å². The summed E-state index contributed by atoms with van der Waals surface area (Å²) in [5.41, 5.74) is 7.15. The van der Waals surface area contributed by atoms with E-state index in [0.29, 0.717) is 16.6 Å². The molecule has 3 N–H and O–H groups in total. The molecule has 1 aromatic carbocycles. The van der Waals surface area contributed by atoms with Crippen molar-refractivity contribution in [1.29, 1.82) is 0 Å². The van der Waals surface area contributed by atoms with Gasteiger partial charge in [0.2, 0.25) is 5.96 Å². The van der Waals surface area contributed by atoms with Gasteiger partial charge in [0.25, 0.3) is 0 Å². The summed E-state index contributed by atoms with van der Waals surface area (Å²) in [5, 5.41) is 4.29. The van der Waals surface area contributed by atoms with Gasteiger partial charge in [-0.3, -0.25) is 10.4 Å². The lowest BCUT2D eigenvalue weighted by molar-refractivity contribution is 0.610. The van der Waals surface area contributed by atoms with Crippen LogP contribution in [0.25, 0.3) is 0 Å². The number of nitrogens with zero attached hydrogens (tertiary/aromatic N) is 1. The van der Waals surface area contributed by atoms with Crippen molar-refractivity contribution in [2.75, 3.05) is 13.1 Å². The first-order valence-electron chi connectivity index (χ1n) is 5.47. The highest BCUT2D eigenvalue weighted by Crippen LogP contribution is 2.22. The van der Waals surface area contributed by atoms with Crippen molar-refractivity contribution in [1.82, 2.24) is 16.2 Å². The van der Waals surface area contributed by atoms with E-state index in [9.17, 15) is 0 Å². The fraction of sp³-hybridized carbons (Fsp3) is 0.364. The number of guanidine groups is 1. The van der Waals surface area contributed by atoms with Crippen molar-refractivity contribution in [2.24, 2.45) is 4.99 Å². The Bertz CT molecular complexity index is 423. The number of halogens is 3. The molecule has 0 unspecified atom stereocenters. The van der Waals surface area contributed by atoms with Crippen LogP contribution in [0.4, 0.5) is 0 Å². The maximum Gasteiger partial charge on any atom is 0.205 e. The average Bonchev–Trinajstić information content (AvgIpc) is 2.35. The second-order valence-corrected chi connectivity index (χ2v) is 4.55. The highest BCUT2D eigenvalue weighted by Gasteiger charge is 2.03. The summed E-state index contributed by atoms with van der Waals surface area (Å²) in [7, 11) is 0. The van der Waals surface area contributed by atoms with Crippen molar-refractivity contribution in [3.63, 3.8) is 0 Å². The zero-order chi connectivity index (χ0) is 12.1. The fourth-order valence-electron chi connectivity index (χ4n) is 1.50. The molecule has 0 aromatic heterocycles. The second kappa shape index (κ2) is 7.69. The first-order valence-corrected chi connectivity index (χ1v) is 6.22. The molecule has 0 atom stereocenters. The molecule has 0 bridgehead atoms.